The van der Waals surface area contributed by atoms with Crippen molar-refractivity contribution in [3.63, 3.8) is 0 Å². The van der Waals surface area contributed by atoms with E-state index >= 15 is 0 Å². The molecule has 0 aliphatic heterocycles. The fourth-order valence-corrected chi connectivity index (χ4v) is 3.06. The molecule has 0 radical (unpaired) electrons. The Morgan fingerprint density at radius 2 is 1.95 bits per heavy atom. The van der Waals surface area contributed by atoms with Crippen molar-refractivity contribution in [1.29, 1.82) is 0 Å². The van der Waals surface area contributed by atoms with Crippen molar-refractivity contribution in [1.82, 2.24) is 0 Å². The topological polar surface area (TPSA) is 26.3 Å². The minimum absolute atomic E-state index is 0.0326. The third-order valence-electron chi connectivity index (χ3n) is 4.10. The first-order valence-corrected chi connectivity index (χ1v) is 7.70. The van der Waals surface area contributed by atoms with Crippen LogP contribution in [0, 0.1) is 17.6 Å². The second kappa shape index (κ2) is 7.64. The molecule has 21 heavy (non-hydrogen) atoms. The van der Waals surface area contributed by atoms with Crippen molar-refractivity contribution in [2.75, 3.05) is 6.61 Å². The predicted octanol–water partition coefficient (Wildman–Crippen LogP) is 4.06. The number of benzene rings is 1. The number of ether oxygens (including phenoxy) is 1. The Bertz CT molecular complexity index is 482. The molecule has 0 bridgehead atoms. The number of carbonyl (C=O) groups excluding carboxylic acids is 1. The highest BCUT2D eigenvalue weighted by molar-refractivity contribution is 5.85. The SMILES string of the molecule is CCOC(C(=O)Cc1ccc(F)c(F)c1)C1CCCCC1. The summed E-state index contributed by atoms with van der Waals surface area (Å²) in [5.74, 6) is -1.57. The van der Waals surface area contributed by atoms with Crippen molar-refractivity contribution in [3.05, 3.63) is 35.4 Å². The van der Waals surface area contributed by atoms with Gasteiger partial charge in [-0.3, -0.25) is 4.79 Å². The van der Waals surface area contributed by atoms with Gasteiger partial charge in [0.25, 0.3) is 0 Å². The van der Waals surface area contributed by atoms with Gasteiger partial charge < -0.3 is 4.74 Å². The molecule has 1 aromatic carbocycles. The first kappa shape index (κ1) is 16.1. The Morgan fingerprint density at radius 3 is 2.57 bits per heavy atom. The Hall–Kier alpha value is -1.29. The molecule has 1 aromatic rings. The third-order valence-corrected chi connectivity index (χ3v) is 4.10. The zero-order valence-electron chi connectivity index (χ0n) is 12.4. The summed E-state index contributed by atoms with van der Waals surface area (Å²) in [4.78, 5) is 12.5. The van der Waals surface area contributed by atoms with Gasteiger partial charge in [-0.25, -0.2) is 8.78 Å². The number of hydrogen-bond donors (Lipinski definition) is 0. The minimum Gasteiger partial charge on any atom is -0.370 e. The number of carbonyl (C=O) groups is 1. The highest BCUT2D eigenvalue weighted by atomic mass is 19.2. The summed E-state index contributed by atoms with van der Waals surface area (Å²) in [5, 5.41) is 0. The summed E-state index contributed by atoms with van der Waals surface area (Å²) in [5.41, 5.74) is 0.499. The zero-order valence-corrected chi connectivity index (χ0v) is 12.4. The van der Waals surface area contributed by atoms with E-state index in [1.807, 2.05) is 6.92 Å². The summed E-state index contributed by atoms with van der Waals surface area (Å²) in [6.45, 7) is 2.37. The van der Waals surface area contributed by atoms with Crippen LogP contribution in [-0.4, -0.2) is 18.5 Å². The third kappa shape index (κ3) is 4.34. The number of hydrogen-bond acceptors (Lipinski definition) is 2. The van der Waals surface area contributed by atoms with E-state index in [2.05, 4.69) is 0 Å². The quantitative estimate of drug-likeness (QED) is 0.791. The molecule has 2 nitrogen and oxygen atoms in total. The molecule has 4 heteroatoms. The first-order chi connectivity index (χ1) is 10.1. The van der Waals surface area contributed by atoms with Gasteiger partial charge in [0, 0.05) is 13.0 Å². The van der Waals surface area contributed by atoms with Gasteiger partial charge in [-0.15, -0.1) is 0 Å². The zero-order chi connectivity index (χ0) is 15.2. The lowest BCUT2D eigenvalue weighted by molar-refractivity contribution is -0.134. The van der Waals surface area contributed by atoms with Crippen molar-refractivity contribution < 1.29 is 18.3 Å². The molecule has 2 rings (SSSR count). The molecule has 0 N–H and O–H groups in total. The largest absolute Gasteiger partial charge is 0.370 e. The van der Waals surface area contributed by atoms with E-state index in [9.17, 15) is 13.6 Å². The van der Waals surface area contributed by atoms with Gasteiger partial charge in [-0.05, 0) is 43.4 Å². The van der Waals surface area contributed by atoms with Gasteiger partial charge in [0.15, 0.2) is 17.4 Å². The van der Waals surface area contributed by atoms with Crippen LogP contribution in [-0.2, 0) is 16.0 Å². The second-order valence-corrected chi connectivity index (χ2v) is 5.67. The van der Waals surface area contributed by atoms with E-state index in [1.165, 1.54) is 12.5 Å². The number of rotatable bonds is 6. The van der Waals surface area contributed by atoms with Gasteiger partial charge in [0.2, 0.25) is 0 Å². The lowest BCUT2D eigenvalue weighted by Crippen LogP contribution is -2.35. The summed E-state index contributed by atoms with van der Waals surface area (Å²) in [6.07, 6.45) is 5.18. The van der Waals surface area contributed by atoms with Crippen LogP contribution >= 0.6 is 0 Å². The molecule has 1 saturated carbocycles. The number of ketones is 1. The Kier molecular flexibility index (Phi) is 5.85. The number of Topliss-reactive ketones (excluding diaryl/α,β-unsaturated/α-hetero) is 1. The van der Waals surface area contributed by atoms with Crippen molar-refractivity contribution in [2.45, 2.75) is 51.6 Å². The molecule has 1 fully saturated rings. The van der Waals surface area contributed by atoms with Crippen LogP contribution in [0.1, 0.15) is 44.6 Å². The van der Waals surface area contributed by atoms with Crippen LogP contribution in [0.15, 0.2) is 18.2 Å². The van der Waals surface area contributed by atoms with E-state index in [0.29, 0.717) is 12.2 Å². The molecule has 1 aliphatic rings. The Labute approximate surface area is 124 Å². The van der Waals surface area contributed by atoms with E-state index in [4.69, 9.17) is 4.74 Å². The number of halogens is 2. The minimum atomic E-state index is -0.911. The average molecular weight is 296 g/mol. The monoisotopic (exact) mass is 296 g/mol. The van der Waals surface area contributed by atoms with Gasteiger partial charge >= 0.3 is 0 Å². The summed E-state index contributed by atoms with van der Waals surface area (Å²) >= 11 is 0. The molecule has 0 saturated heterocycles. The maximum atomic E-state index is 13.2. The fraction of sp³-hybridized carbons (Fsp3) is 0.588. The van der Waals surface area contributed by atoms with Crippen molar-refractivity contribution in [3.8, 4) is 0 Å². The average Bonchev–Trinajstić information content (AvgIpc) is 2.49. The van der Waals surface area contributed by atoms with Gasteiger partial charge in [-0.2, -0.15) is 0 Å². The van der Waals surface area contributed by atoms with Crippen LogP contribution < -0.4 is 0 Å². The fourth-order valence-electron chi connectivity index (χ4n) is 3.06. The maximum Gasteiger partial charge on any atom is 0.166 e. The second-order valence-electron chi connectivity index (χ2n) is 5.67. The van der Waals surface area contributed by atoms with Gasteiger partial charge in [0.1, 0.15) is 6.10 Å². The molecule has 1 atom stereocenters. The predicted molar refractivity (Wildman–Crippen MR) is 77.1 cm³/mol. The van der Waals surface area contributed by atoms with Crippen molar-refractivity contribution >= 4 is 5.78 Å². The Balaban J connectivity index is 2.05. The van der Waals surface area contributed by atoms with Crippen LogP contribution in [0.2, 0.25) is 0 Å². The molecule has 0 spiro atoms. The van der Waals surface area contributed by atoms with Crippen LogP contribution in [0.3, 0.4) is 0 Å². The lowest BCUT2D eigenvalue weighted by Gasteiger charge is -2.29. The molecule has 0 aromatic heterocycles. The lowest BCUT2D eigenvalue weighted by atomic mass is 9.82. The smallest absolute Gasteiger partial charge is 0.166 e. The highest BCUT2D eigenvalue weighted by Gasteiger charge is 2.29. The van der Waals surface area contributed by atoms with Gasteiger partial charge in [-0.1, -0.05) is 25.3 Å². The molecule has 116 valence electrons. The first-order valence-electron chi connectivity index (χ1n) is 7.70. The van der Waals surface area contributed by atoms with E-state index in [1.54, 1.807) is 0 Å². The molecule has 0 heterocycles. The summed E-state index contributed by atoms with van der Waals surface area (Å²) < 4.78 is 31.8. The van der Waals surface area contributed by atoms with Crippen LogP contribution in [0.5, 0.6) is 0 Å². The molecular formula is C17H22F2O2. The Morgan fingerprint density at radius 1 is 1.24 bits per heavy atom. The maximum absolute atomic E-state index is 13.2. The van der Waals surface area contributed by atoms with Gasteiger partial charge in [0.05, 0.1) is 0 Å². The standard InChI is InChI=1S/C17H22F2O2/c1-2-21-17(13-6-4-3-5-7-13)16(20)11-12-8-9-14(18)15(19)10-12/h8-10,13,17H,2-7,11H2,1H3. The van der Waals surface area contributed by atoms with Crippen LogP contribution in [0.4, 0.5) is 8.78 Å². The van der Waals surface area contributed by atoms with E-state index in [0.717, 1.165) is 37.8 Å². The molecule has 1 unspecified atom stereocenters. The van der Waals surface area contributed by atoms with Crippen LogP contribution in [0.25, 0.3) is 0 Å². The summed E-state index contributed by atoms with van der Waals surface area (Å²) in [6, 6.07) is 3.62. The molecule has 0 amide bonds. The highest BCUT2D eigenvalue weighted by Crippen LogP contribution is 2.29. The van der Waals surface area contributed by atoms with E-state index in [-0.39, 0.29) is 18.1 Å². The molecular weight excluding hydrogens is 274 g/mol. The summed E-state index contributed by atoms with van der Waals surface area (Å²) in [7, 11) is 0. The van der Waals surface area contributed by atoms with Crippen molar-refractivity contribution in [2.24, 2.45) is 5.92 Å². The van der Waals surface area contributed by atoms with E-state index < -0.39 is 17.7 Å². The molecule has 1 aliphatic carbocycles. The normalized spacial score (nSPS) is 17.7.